The maximum absolute atomic E-state index is 11.4. The minimum Gasteiger partial charge on any atom is -0.389 e. The molecule has 1 heterocycles. The van der Waals surface area contributed by atoms with E-state index in [0.717, 1.165) is 37.1 Å². The zero-order valence-electron chi connectivity index (χ0n) is 11.8. The Balaban J connectivity index is 2.14. The number of aliphatic hydroxyl groups excluding tert-OH is 1. The van der Waals surface area contributed by atoms with E-state index < -0.39 is 11.0 Å². The molecule has 0 amide bonds. The van der Waals surface area contributed by atoms with Gasteiger partial charge in [0.1, 0.15) is 5.69 Å². The van der Waals surface area contributed by atoms with Crippen molar-refractivity contribution in [2.24, 2.45) is 0 Å². The van der Waals surface area contributed by atoms with Crippen LogP contribution in [0.4, 0.5) is 5.69 Å². The topological polar surface area (TPSA) is 81.2 Å². The number of aromatic nitrogens is 2. The summed E-state index contributed by atoms with van der Waals surface area (Å²) in [5.74, 6) is 0. The second-order valence-electron chi connectivity index (χ2n) is 5.40. The SMILES string of the molecule is C[C@H](O)c1ccc(-n2cnc3c2CCCC3)c([N+](=O)[O-])c1. The number of imidazole rings is 1. The number of fused-ring (bicyclic) bond motifs is 1. The highest BCUT2D eigenvalue weighted by molar-refractivity contribution is 5.55. The largest absolute Gasteiger partial charge is 0.389 e. The highest BCUT2D eigenvalue weighted by atomic mass is 16.6. The summed E-state index contributed by atoms with van der Waals surface area (Å²) in [5.41, 5.74) is 3.16. The summed E-state index contributed by atoms with van der Waals surface area (Å²) in [6.07, 6.45) is 4.97. The smallest absolute Gasteiger partial charge is 0.293 e. The number of nitro benzene ring substituents is 1. The molecule has 1 atom stereocenters. The van der Waals surface area contributed by atoms with Crippen molar-refractivity contribution in [1.29, 1.82) is 0 Å². The van der Waals surface area contributed by atoms with E-state index in [1.165, 1.54) is 6.07 Å². The molecule has 0 aliphatic heterocycles. The zero-order valence-corrected chi connectivity index (χ0v) is 11.8. The summed E-state index contributed by atoms with van der Waals surface area (Å²) in [7, 11) is 0. The fraction of sp³-hybridized carbons (Fsp3) is 0.400. The Morgan fingerprint density at radius 3 is 2.86 bits per heavy atom. The van der Waals surface area contributed by atoms with Crippen LogP contribution in [0.25, 0.3) is 5.69 Å². The van der Waals surface area contributed by atoms with E-state index >= 15 is 0 Å². The van der Waals surface area contributed by atoms with Crippen molar-refractivity contribution in [3.05, 3.63) is 51.6 Å². The van der Waals surface area contributed by atoms with Crippen LogP contribution in [-0.4, -0.2) is 19.6 Å². The summed E-state index contributed by atoms with van der Waals surface area (Å²) in [6.45, 7) is 1.60. The lowest BCUT2D eigenvalue weighted by atomic mass is 10.0. The summed E-state index contributed by atoms with van der Waals surface area (Å²) in [6, 6.07) is 4.86. The third-order valence-corrected chi connectivity index (χ3v) is 3.97. The van der Waals surface area contributed by atoms with Crippen LogP contribution >= 0.6 is 0 Å². The molecule has 3 rings (SSSR count). The molecule has 1 aliphatic rings. The Morgan fingerprint density at radius 2 is 2.14 bits per heavy atom. The van der Waals surface area contributed by atoms with Gasteiger partial charge in [0.15, 0.2) is 0 Å². The Hall–Kier alpha value is -2.21. The molecule has 1 aromatic carbocycles. The number of nitro groups is 1. The highest BCUT2D eigenvalue weighted by Crippen LogP contribution is 2.30. The predicted octanol–water partition coefficient (Wildman–Crippen LogP) is 2.71. The van der Waals surface area contributed by atoms with Gasteiger partial charge in [0.25, 0.3) is 5.69 Å². The third-order valence-electron chi connectivity index (χ3n) is 3.97. The van der Waals surface area contributed by atoms with E-state index in [1.54, 1.807) is 25.4 Å². The first kappa shape index (κ1) is 13.8. The number of nitrogens with zero attached hydrogens (tertiary/aromatic N) is 3. The van der Waals surface area contributed by atoms with Gasteiger partial charge in [-0.25, -0.2) is 4.98 Å². The molecule has 0 spiro atoms. The highest BCUT2D eigenvalue weighted by Gasteiger charge is 2.22. The molecule has 0 radical (unpaired) electrons. The predicted molar refractivity (Wildman–Crippen MR) is 77.5 cm³/mol. The molecule has 0 fully saturated rings. The number of aliphatic hydroxyl groups is 1. The molecule has 1 aromatic heterocycles. The lowest BCUT2D eigenvalue weighted by Gasteiger charge is -2.15. The molecule has 2 aromatic rings. The van der Waals surface area contributed by atoms with Crippen molar-refractivity contribution in [2.75, 3.05) is 0 Å². The molecule has 1 N–H and O–H groups in total. The standard InChI is InChI=1S/C15H17N3O3/c1-10(19)11-6-7-14(15(8-11)18(20)21)17-9-16-12-4-2-3-5-13(12)17/h6-10,19H,2-5H2,1H3/t10-/m0/s1. The first-order valence-corrected chi connectivity index (χ1v) is 7.10. The summed E-state index contributed by atoms with van der Waals surface area (Å²) >= 11 is 0. The van der Waals surface area contributed by atoms with Gasteiger partial charge in [0.2, 0.25) is 0 Å². The number of hydrogen-bond acceptors (Lipinski definition) is 4. The van der Waals surface area contributed by atoms with Gasteiger partial charge in [-0.1, -0.05) is 6.07 Å². The molecule has 21 heavy (non-hydrogen) atoms. The molecule has 110 valence electrons. The zero-order chi connectivity index (χ0) is 15.0. The van der Waals surface area contributed by atoms with Gasteiger partial charge in [-0.3, -0.25) is 14.7 Å². The Morgan fingerprint density at radius 1 is 1.38 bits per heavy atom. The van der Waals surface area contributed by atoms with E-state index in [0.29, 0.717) is 11.3 Å². The second-order valence-corrected chi connectivity index (χ2v) is 5.40. The lowest BCUT2D eigenvalue weighted by molar-refractivity contribution is -0.384. The van der Waals surface area contributed by atoms with Crippen LogP contribution in [0.1, 0.15) is 42.8 Å². The van der Waals surface area contributed by atoms with Crippen LogP contribution in [0.15, 0.2) is 24.5 Å². The first-order chi connectivity index (χ1) is 10.1. The van der Waals surface area contributed by atoms with Crippen LogP contribution in [0.2, 0.25) is 0 Å². The minimum absolute atomic E-state index is 0.000765. The summed E-state index contributed by atoms with van der Waals surface area (Å²) in [5, 5.41) is 21.0. The van der Waals surface area contributed by atoms with Gasteiger partial charge < -0.3 is 5.11 Å². The van der Waals surface area contributed by atoms with Gasteiger partial charge in [-0.15, -0.1) is 0 Å². The summed E-state index contributed by atoms with van der Waals surface area (Å²) in [4.78, 5) is 15.3. The molecule has 0 saturated carbocycles. The number of hydrogen-bond donors (Lipinski definition) is 1. The quantitative estimate of drug-likeness (QED) is 0.695. The van der Waals surface area contributed by atoms with Crippen LogP contribution in [-0.2, 0) is 12.8 Å². The number of aryl methyl sites for hydroxylation is 1. The fourth-order valence-electron chi connectivity index (χ4n) is 2.83. The number of benzene rings is 1. The van der Waals surface area contributed by atoms with Gasteiger partial charge in [0, 0.05) is 11.8 Å². The fourth-order valence-corrected chi connectivity index (χ4v) is 2.83. The van der Waals surface area contributed by atoms with E-state index in [2.05, 4.69) is 4.98 Å². The second kappa shape index (κ2) is 5.29. The van der Waals surface area contributed by atoms with Crippen molar-refractivity contribution in [1.82, 2.24) is 9.55 Å². The Bertz CT molecular complexity index is 691. The minimum atomic E-state index is -0.727. The van der Waals surface area contributed by atoms with Gasteiger partial charge >= 0.3 is 0 Å². The lowest BCUT2D eigenvalue weighted by Crippen LogP contribution is -2.08. The van der Waals surface area contributed by atoms with Crippen molar-refractivity contribution < 1.29 is 10.0 Å². The van der Waals surface area contributed by atoms with Crippen molar-refractivity contribution in [2.45, 2.75) is 38.7 Å². The van der Waals surface area contributed by atoms with Crippen LogP contribution < -0.4 is 0 Å². The number of rotatable bonds is 3. The molecule has 6 heteroatoms. The van der Waals surface area contributed by atoms with Crippen LogP contribution in [0, 0.1) is 10.1 Å². The molecule has 0 unspecified atom stereocenters. The van der Waals surface area contributed by atoms with Crippen LogP contribution in [0.5, 0.6) is 0 Å². The molecule has 1 aliphatic carbocycles. The van der Waals surface area contributed by atoms with Gasteiger partial charge in [-0.2, -0.15) is 0 Å². The monoisotopic (exact) mass is 287 g/mol. The average molecular weight is 287 g/mol. The van der Waals surface area contributed by atoms with Gasteiger partial charge in [0.05, 0.1) is 23.0 Å². The van der Waals surface area contributed by atoms with E-state index in [9.17, 15) is 15.2 Å². The van der Waals surface area contributed by atoms with E-state index in [4.69, 9.17) is 0 Å². The Labute approximate surface area is 122 Å². The van der Waals surface area contributed by atoms with Crippen LogP contribution in [0.3, 0.4) is 0 Å². The van der Waals surface area contributed by atoms with E-state index in [1.807, 2.05) is 4.57 Å². The molecule has 0 bridgehead atoms. The molecule has 0 saturated heterocycles. The van der Waals surface area contributed by atoms with Gasteiger partial charge in [-0.05, 0) is 44.2 Å². The van der Waals surface area contributed by atoms with E-state index in [-0.39, 0.29) is 5.69 Å². The third kappa shape index (κ3) is 2.42. The van der Waals surface area contributed by atoms with Crippen molar-refractivity contribution >= 4 is 5.69 Å². The van der Waals surface area contributed by atoms with Crippen molar-refractivity contribution in [3.8, 4) is 5.69 Å². The molecular formula is C15H17N3O3. The maximum Gasteiger partial charge on any atom is 0.293 e. The molecule has 6 nitrogen and oxygen atoms in total. The summed E-state index contributed by atoms with van der Waals surface area (Å²) < 4.78 is 1.82. The average Bonchev–Trinajstić information content (AvgIpc) is 2.90. The van der Waals surface area contributed by atoms with Crippen molar-refractivity contribution in [3.63, 3.8) is 0 Å². The maximum atomic E-state index is 11.4. The molecular weight excluding hydrogens is 270 g/mol. The first-order valence-electron chi connectivity index (χ1n) is 7.10. The Kier molecular flexibility index (Phi) is 3.47. The normalized spacial score (nSPS) is 15.5.